The van der Waals surface area contributed by atoms with E-state index in [1.165, 1.54) is 4.90 Å². The van der Waals surface area contributed by atoms with E-state index in [1.54, 1.807) is 43.3 Å². The molecular formula is C23H23N3O4. The van der Waals surface area contributed by atoms with E-state index in [0.717, 1.165) is 11.1 Å². The molecule has 3 aliphatic rings. The van der Waals surface area contributed by atoms with Crippen molar-refractivity contribution in [2.24, 2.45) is 11.8 Å². The van der Waals surface area contributed by atoms with Crippen LogP contribution in [0.25, 0.3) is 0 Å². The summed E-state index contributed by atoms with van der Waals surface area (Å²) >= 11 is 0. The lowest BCUT2D eigenvalue weighted by Gasteiger charge is -2.30. The van der Waals surface area contributed by atoms with Crippen molar-refractivity contribution < 1.29 is 19.5 Å². The number of fused-ring (bicyclic) bond motifs is 4. The van der Waals surface area contributed by atoms with E-state index in [4.69, 9.17) is 0 Å². The molecule has 5 atom stereocenters. The summed E-state index contributed by atoms with van der Waals surface area (Å²) in [6.07, 6.45) is -0.923. The third-order valence-electron chi connectivity index (χ3n) is 6.54. The smallest absolute Gasteiger partial charge is 0.250 e. The number of nitrogens with zero attached hydrogens (tertiary/aromatic N) is 1. The van der Waals surface area contributed by atoms with Crippen molar-refractivity contribution in [2.75, 3.05) is 10.2 Å². The molecule has 5 rings (SSSR count). The van der Waals surface area contributed by atoms with Crippen LogP contribution in [-0.2, 0) is 19.9 Å². The second-order valence-corrected chi connectivity index (χ2v) is 8.58. The van der Waals surface area contributed by atoms with Crippen LogP contribution in [0.3, 0.4) is 0 Å². The van der Waals surface area contributed by atoms with Gasteiger partial charge in [-0.1, -0.05) is 24.3 Å². The average molecular weight is 405 g/mol. The first kappa shape index (κ1) is 19.0. The molecular weight excluding hydrogens is 382 g/mol. The molecule has 3 N–H and O–H groups in total. The summed E-state index contributed by atoms with van der Waals surface area (Å²) < 4.78 is 0. The first-order chi connectivity index (χ1) is 14.3. The third kappa shape index (κ3) is 2.30. The highest BCUT2D eigenvalue weighted by molar-refractivity contribution is 6.25. The maximum atomic E-state index is 13.7. The SMILES string of the molecule is Cc1cc(C)cc(N2C(=O)[C@@H]3[C@H]([C@@H](C)O)N[C@]4(C(=O)Nc5ccccc54)[C@@H]3C2=O)c1. The molecule has 3 heterocycles. The van der Waals surface area contributed by atoms with E-state index in [1.807, 2.05) is 19.9 Å². The minimum absolute atomic E-state index is 0.370. The van der Waals surface area contributed by atoms with Crippen LogP contribution in [0, 0.1) is 25.7 Å². The average Bonchev–Trinajstić information content (AvgIpc) is 3.26. The Bertz CT molecular complexity index is 1090. The largest absolute Gasteiger partial charge is 0.392 e. The summed E-state index contributed by atoms with van der Waals surface area (Å²) in [5.41, 5.74) is 2.24. The van der Waals surface area contributed by atoms with Crippen molar-refractivity contribution in [3.8, 4) is 0 Å². The number of imide groups is 1. The molecule has 0 unspecified atom stereocenters. The summed E-state index contributed by atoms with van der Waals surface area (Å²) in [7, 11) is 0. The van der Waals surface area contributed by atoms with E-state index in [0.29, 0.717) is 16.9 Å². The topological polar surface area (TPSA) is 98.7 Å². The monoisotopic (exact) mass is 405 g/mol. The van der Waals surface area contributed by atoms with Gasteiger partial charge in [0.05, 0.1) is 23.6 Å². The molecule has 3 amide bonds. The van der Waals surface area contributed by atoms with Crippen molar-refractivity contribution >= 4 is 29.1 Å². The van der Waals surface area contributed by atoms with Crippen LogP contribution < -0.4 is 15.5 Å². The molecule has 30 heavy (non-hydrogen) atoms. The van der Waals surface area contributed by atoms with Crippen molar-refractivity contribution in [3.63, 3.8) is 0 Å². The number of aliphatic hydroxyl groups excluding tert-OH is 1. The Morgan fingerprint density at radius 3 is 2.37 bits per heavy atom. The maximum absolute atomic E-state index is 13.7. The van der Waals surface area contributed by atoms with Crippen molar-refractivity contribution in [1.29, 1.82) is 0 Å². The normalized spacial score (nSPS) is 30.6. The fourth-order valence-corrected chi connectivity index (χ4v) is 5.44. The van der Waals surface area contributed by atoms with Crippen LogP contribution >= 0.6 is 0 Å². The molecule has 0 saturated carbocycles. The van der Waals surface area contributed by atoms with Crippen molar-refractivity contribution in [1.82, 2.24) is 5.32 Å². The summed E-state index contributed by atoms with van der Waals surface area (Å²) in [6.45, 7) is 5.39. The number of rotatable bonds is 2. The molecule has 3 aliphatic heterocycles. The van der Waals surface area contributed by atoms with Gasteiger partial charge in [-0.2, -0.15) is 0 Å². The maximum Gasteiger partial charge on any atom is 0.250 e. The van der Waals surface area contributed by atoms with Gasteiger partial charge in [0.15, 0.2) is 0 Å². The molecule has 1 spiro atoms. The van der Waals surface area contributed by atoms with Crippen LogP contribution in [0.4, 0.5) is 11.4 Å². The van der Waals surface area contributed by atoms with E-state index < -0.39 is 35.4 Å². The van der Waals surface area contributed by atoms with Gasteiger partial charge >= 0.3 is 0 Å². The Balaban J connectivity index is 1.70. The Morgan fingerprint density at radius 2 is 1.70 bits per heavy atom. The Kier molecular flexibility index (Phi) is 3.94. The molecule has 2 aromatic carbocycles. The molecule has 0 aromatic heterocycles. The Hall–Kier alpha value is -3.03. The summed E-state index contributed by atoms with van der Waals surface area (Å²) in [6, 6.07) is 12.0. The van der Waals surface area contributed by atoms with Gasteiger partial charge in [0, 0.05) is 17.3 Å². The van der Waals surface area contributed by atoms with E-state index >= 15 is 0 Å². The number of aliphatic hydroxyl groups is 1. The number of hydrogen-bond acceptors (Lipinski definition) is 5. The molecule has 7 heteroatoms. The fourth-order valence-electron chi connectivity index (χ4n) is 5.44. The molecule has 2 aromatic rings. The lowest BCUT2D eigenvalue weighted by molar-refractivity contribution is -0.130. The zero-order valence-electron chi connectivity index (χ0n) is 17.0. The predicted octanol–water partition coefficient (Wildman–Crippen LogP) is 1.61. The fraction of sp³-hybridized carbons (Fsp3) is 0.348. The lowest BCUT2D eigenvalue weighted by atomic mass is 9.76. The summed E-state index contributed by atoms with van der Waals surface area (Å²) in [4.78, 5) is 41.7. The quantitative estimate of drug-likeness (QED) is 0.660. The van der Waals surface area contributed by atoms with Crippen LogP contribution in [0.1, 0.15) is 23.6 Å². The first-order valence-corrected chi connectivity index (χ1v) is 10.1. The number of para-hydroxylation sites is 1. The lowest BCUT2D eigenvalue weighted by Crippen LogP contribution is -2.54. The number of carbonyl (C=O) groups is 3. The van der Waals surface area contributed by atoms with Crippen LogP contribution in [0.15, 0.2) is 42.5 Å². The third-order valence-corrected chi connectivity index (χ3v) is 6.54. The number of anilines is 2. The highest BCUT2D eigenvalue weighted by atomic mass is 16.3. The number of amides is 3. The van der Waals surface area contributed by atoms with E-state index in [9.17, 15) is 19.5 Å². The first-order valence-electron chi connectivity index (χ1n) is 10.1. The van der Waals surface area contributed by atoms with Crippen LogP contribution in [-0.4, -0.2) is 35.0 Å². The van der Waals surface area contributed by atoms with Crippen LogP contribution in [0.5, 0.6) is 0 Å². The van der Waals surface area contributed by atoms with Gasteiger partial charge in [0.25, 0.3) is 0 Å². The highest BCUT2D eigenvalue weighted by Crippen LogP contribution is 2.53. The predicted molar refractivity (Wildman–Crippen MR) is 111 cm³/mol. The van der Waals surface area contributed by atoms with Gasteiger partial charge in [-0.05, 0) is 50.1 Å². The molecule has 0 radical (unpaired) electrons. The standard InChI is InChI=1S/C23H23N3O4/c1-11-8-12(2)10-14(9-11)26-20(28)17-18(21(26)29)23(25-19(17)13(3)27)15-6-4-5-7-16(15)24-22(23)30/h4-10,13,17-19,25,27H,1-3H3,(H,24,30)/t13-,17+,18+,19+,23+/m1/s1. The zero-order chi connectivity index (χ0) is 21.4. The van der Waals surface area contributed by atoms with Gasteiger partial charge in [-0.15, -0.1) is 0 Å². The van der Waals surface area contributed by atoms with Crippen molar-refractivity contribution in [2.45, 2.75) is 38.5 Å². The number of nitrogens with one attached hydrogen (secondary N) is 2. The number of aryl methyl sites for hydroxylation is 2. The molecule has 2 fully saturated rings. The number of hydrogen-bond donors (Lipinski definition) is 3. The van der Waals surface area contributed by atoms with Gasteiger partial charge in [0.1, 0.15) is 5.54 Å². The van der Waals surface area contributed by atoms with Crippen LogP contribution in [0.2, 0.25) is 0 Å². The highest BCUT2D eigenvalue weighted by Gasteiger charge is 2.71. The number of benzene rings is 2. The Labute approximate surface area is 174 Å². The molecule has 2 saturated heterocycles. The van der Waals surface area contributed by atoms with Crippen molar-refractivity contribution in [3.05, 3.63) is 59.2 Å². The van der Waals surface area contributed by atoms with Gasteiger partial charge < -0.3 is 10.4 Å². The summed E-state index contributed by atoms with van der Waals surface area (Å²) in [5.74, 6) is -2.95. The summed E-state index contributed by atoms with van der Waals surface area (Å²) in [5, 5.41) is 16.5. The van der Waals surface area contributed by atoms with Gasteiger partial charge in [-0.25, -0.2) is 4.90 Å². The molecule has 7 nitrogen and oxygen atoms in total. The molecule has 0 aliphatic carbocycles. The number of carbonyl (C=O) groups excluding carboxylic acids is 3. The molecule has 154 valence electrons. The zero-order valence-corrected chi connectivity index (χ0v) is 17.0. The second-order valence-electron chi connectivity index (χ2n) is 8.58. The second kappa shape index (κ2) is 6.23. The minimum Gasteiger partial charge on any atom is -0.392 e. The van der Waals surface area contributed by atoms with Gasteiger partial charge in [0.2, 0.25) is 17.7 Å². The Morgan fingerprint density at radius 1 is 1.03 bits per heavy atom. The van der Waals surface area contributed by atoms with E-state index in [2.05, 4.69) is 10.6 Å². The molecule has 0 bridgehead atoms. The van der Waals surface area contributed by atoms with Gasteiger partial charge in [-0.3, -0.25) is 19.7 Å². The van der Waals surface area contributed by atoms with E-state index in [-0.39, 0.29) is 11.8 Å². The minimum atomic E-state index is -1.39.